The van der Waals surface area contributed by atoms with Crippen molar-refractivity contribution in [1.29, 1.82) is 0 Å². The lowest BCUT2D eigenvalue weighted by atomic mass is 10.2. The van der Waals surface area contributed by atoms with Crippen LogP contribution in [0.5, 0.6) is 0 Å². The molecule has 17 heavy (non-hydrogen) atoms. The highest BCUT2D eigenvalue weighted by atomic mass is 32.2. The first-order valence-electron chi connectivity index (χ1n) is 5.15. The van der Waals surface area contributed by atoms with E-state index in [0.717, 1.165) is 0 Å². The molecule has 0 saturated carbocycles. The second-order valence-electron chi connectivity index (χ2n) is 4.55. The number of carbonyl (C=O) groups excluding carboxylic acids is 1. The van der Waals surface area contributed by atoms with Crippen LogP contribution in [-0.4, -0.2) is 21.9 Å². The second-order valence-corrected chi connectivity index (χ2v) is 6.04. The summed E-state index contributed by atoms with van der Waals surface area (Å²) < 4.78 is 27.5. The molecular weight excluding hydrogens is 243 g/mol. The van der Waals surface area contributed by atoms with Crippen molar-refractivity contribution in [3.63, 3.8) is 0 Å². The molecule has 1 rings (SSSR count). The lowest BCUT2D eigenvalue weighted by Gasteiger charge is -2.18. The van der Waals surface area contributed by atoms with E-state index in [1.165, 1.54) is 24.3 Å². The van der Waals surface area contributed by atoms with E-state index in [4.69, 9.17) is 4.74 Å². The van der Waals surface area contributed by atoms with Gasteiger partial charge in [-0.25, -0.2) is 9.18 Å². The quantitative estimate of drug-likeness (QED) is 0.670. The Bertz CT molecular complexity index is 384. The SMILES string of the molecule is CC(C)(C)OC(=O)C[S+](O)c1ccc(F)cc1. The molecule has 0 saturated heterocycles. The molecule has 0 spiro atoms. The van der Waals surface area contributed by atoms with Crippen LogP contribution in [0, 0.1) is 5.82 Å². The van der Waals surface area contributed by atoms with Gasteiger partial charge in [0.15, 0.2) is 16.1 Å². The summed E-state index contributed by atoms with van der Waals surface area (Å²) in [6.07, 6.45) is 0. The van der Waals surface area contributed by atoms with E-state index in [0.29, 0.717) is 4.90 Å². The second kappa shape index (κ2) is 5.51. The molecule has 94 valence electrons. The molecule has 0 aliphatic heterocycles. The number of carbonyl (C=O) groups is 1. The average molecular weight is 259 g/mol. The van der Waals surface area contributed by atoms with Gasteiger partial charge >= 0.3 is 5.97 Å². The maximum absolute atomic E-state index is 12.7. The van der Waals surface area contributed by atoms with E-state index < -0.39 is 22.7 Å². The highest BCUT2D eigenvalue weighted by Crippen LogP contribution is 2.14. The van der Waals surface area contributed by atoms with Gasteiger partial charge in [0.2, 0.25) is 5.75 Å². The van der Waals surface area contributed by atoms with Crippen LogP contribution in [0.4, 0.5) is 4.39 Å². The number of rotatable bonds is 3. The molecule has 1 aromatic rings. The van der Waals surface area contributed by atoms with Gasteiger partial charge in [0.25, 0.3) is 0 Å². The monoisotopic (exact) mass is 259 g/mol. The van der Waals surface area contributed by atoms with Crippen molar-refractivity contribution in [1.82, 2.24) is 0 Å². The van der Waals surface area contributed by atoms with Crippen molar-refractivity contribution >= 4 is 17.1 Å². The maximum Gasteiger partial charge on any atom is 0.360 e. The van der Waals surface area contributed by atoms with Gasteiger partial charge in [-0.2, -0.15) is 4.55 Å². The van der Waals surface area contributed by atoms with Crippen molar-refractivity contribution in [2.24, 2.45) is 0 Å². The molecule has 0 radical (unpaired) electrons. The molecule has 0 amide bonds. The summed E-state index contributed by atoms with van der Waals surface area (Å²) >= 11 is -1.25. The topological polar surface area (TPSA) is 46.5 Å². The molecule has 0 aliphatic rings. The van der Waals surface area contributed by atoms with Crippen LogP contribution in [-0.2, 0) is 20.7 Å². The number of benzene rings is 1. The normalized spacial score (nSPS) is 13.2. The van der Waals surface area contributed by atoms with Gasteiger partial charge in [-0.05, 0) is 45.0 Å². The number of hydrogen-bond acceptors (Lipinski definition) is 3. The Morgan fingerprint density at radius 2 is 1.88 bits per heavy atom. The Kier molecular flexibility index (Phi) is 4.54. The van der Waals surface area contributed by atoms with Gasteiger partial charge in [-0.3, -0.25) is 0 Å². The zero-order chi connectivity index (χ0) is 13.1. The zero-order valence-corrected chi connectivity index (χ0v) is 10.9. The summed E-state index contributed by atoms with van der Waals surface area (Å²) in [7, 11) is 0. The van der Waals surface area contributed by atoms with Crippen LogP contribution in [0.2, 0.25) is 0 Å². The first-order valence-corrected chi connectivity index (χ1v) is 6.50. The van der Waals surface area contributed by atoms with E-state index in [1.807, 2.05) is 0 Å². The number of ether oxygens (including phenoxy) is 1. The summed E-state index contributed by atoms with van der Waals surface area (Å²) in [5.74, 6) is -0.946. The minimum atomic E-state index is -1.25. The lowest BCUT2D eigenvalue weighted by Crippen LogP contribution is -2.28. The molecule has 0 aliphatic carbocycles. The molecular formula is C12H16FO3S+. The summed E-state index contributed by atoms with van der Waals surface area (Å²) in [6, 6.07) is 5.42. The molecule has 3 nitrogen and oxygen atoms in total. The largest absolute Gasteiger partial charge is 0.456 e. The predicted octanol–water partition coefficient (Wildman–Crippen LogP) is 2.62. The van der Waals surface area contributed by atoms with Gasteiger partial charge in [0, 0.05) is 0 Å². The summed E-state index contributed by atoms with van der Waals surface area (Å²) in [6.45, 7) is 5.29. The Balaban J connectivity index is 2.57. The van der Waals surface area contributed by atoms with Crippen molar-refractivity contribution in [3.05, 3.63) is 30.1 Å². The third kappa shape index (κ3) is 5.19. The Morgan fingerprint density at radius 3 is 2.35 bits per heavy atom. The van der Waals surface area contributed by atoms with E-state index in [1.54, 1.807) is 20.8 Å². The predicted molar refractivity (Wildman–Crippen MR) is 65.4 cm³/mol. The van der Waals surface area contributed by atoms with Gasteiger partial charge < -0.3 is 4.74 Å². The van der Waals surface area contributed by atoms with Crippen molar-refractivity contribution in [3.8, 4) is 0 Å². The molecule has 1 atom stereocenters. The fourth-order valence-corrected chi connectivity index (χ4v) is 2.06. The number of halogens is 1. The van der Waals surface area contributed by atoms with Crippen LogP contribution in [0.15, 0.2) is 29.2 Å². The van der Waals surface area contributed by atoms with Crippen LogP contribution < -0.4 is 0 Å². The van der Waals surface area contributed by atoms with Crippen LogP contribution in [0.1, 0.15) is 20.8 Å². The van der Waals surface area contributed by atoms with Gasteiger partial charge in [-0.15, -0.1) is 0 Å². The molecule has 0 heterocycles. The van der Waals surface area contributed by atoms with Gasteiger partial charge in [-0.1, -0.05) is 0 Å². The molecule has 0 bridgehead atoms. The Labute approximate surface area is 103 Å². The molecule has 1 unspecified atom stereocenters. The third-order valence-corrected chi connectivity index (χ3v) is 3.09. The molecule has 0 fully saturated rings. The summed E-state index contributed by atoms with van der Waals surface area (Å²) in [5, 5.41) is 0. The van der Waals surface area contributed by atoms with E-state index in [9.17, 15) is 13.7 Å². The van der Waals surface area contributed by atoms with E-state index in [2.05, 4.69) is 0 Å². The van der Waals surface area contributed by atoms with Gasteiger partial charge in [0.05, 0.1) is 0 Å². The van der Waals surface area contributed by atoms with Crippen molar-refractivity contribution in [2.45, 2.75) is 31.3 Å². The molecule has 5 heteroatoms. The Morgan fingerprint density at radius 1 is 1.35 bits per heavy atom. The van der Waals surface area contributed by atoms with Gasteiger partial charge in [0.1, 0.15) is 11.4 Å². The van der Waals surface area contributed by atoms with Crippen LogP contribution >= 0.6 is 0 Å². The maximum atomic E-state index is 12.7. The van der Waals surface area contributed by atoms with E-state index in [-0.39, 0.29) is 11.6 Å². The van der Waals surface area contributed by atoms with Crippen LogP contribution in [0.3, 0.4) is 0 Å². The van der Waals surface area contributed by atoms with E-state index >= 15 is 0 Å². The highest BCUT2D eigenvalue weighted by Gasteiger charge is 2.28. The highest BCUT2D eigenvalue weighted by molar-refractivity contribution is 7.92. The zero-order valence-electron chi connectivity index (χ0n) is 10.1. The number of hydrogen-bond donors (Lipinski definition) is 1. The van der Waals surface area contributed by atoms with Crippen LogP contribution in [0.25, 0.3) is 0 Å². The first kappa shape index (κ1) is 14.0. The smallest absolute Gasteiger partial charge is 0.360 e. The summed E-state index contributed by atoms with van der Waals surface area (Å²) in [4.78, 5) is 12.0. The fraction of sp³-hybridized carbons (Fsp3) is 0.417. The number of esters is 1. The third-order valence-electron chi connectivity index (χ3n) is 1.76. The Hall–Kier alpha value is -1.07. The molecule has 0 aromatic heterocycles. The molecule has 1 aromatic carbocycles. The van der Waals surface area contributed by atoms with Crippen molar-refractivity contribution < 1.29 is 18.5 Å². The minimum absolute atomic E-state index is 0.108. The standard InChI is InChI=1S/C12H16FO3S/c1-12(2,3)16-11(14)8-17(15)10-6-4-9(13)5-7-10/h4-7,15H,8H2,1-3H3/q+1. The lowest BCUT2D eigenvalue weighted by molar-refractivity contribution is -0.151. The molecule has 1 N–H and O–H groups in total. The minimum Gasteiger partial charge on any atom is -0.456 e. The summed E-state index contributed by atoms with van der Waals surface area (Å²) in [5.41, 5.74) is -0.565. The van der Waals surface area contributed by atoms with Crippen molar-refractivity contribution in [2.75, 3.05) is 5.75 Å². The average Bonchev–Trinajstić information content (AvgIpc) is 2.15. The first-order chi connectivity index (χ1) is 7.78. The fourth-order valence-electron chi connectivity index (χ4n) is 1.16.